The largest absolute Gasteiger partial charge is 0.497 e. The fourth-order valence-corrected chi connectivity index (χ4v) is 2.43. The summed E-state index contributed by atoms with van der Waals surface area (Å²) in [4.78, 5) is 12.1. The lowest BCUT2D eigenvalue weighted by molar-refractivity contribution is -0.127. The van der Waals surface area contributed by atoms with Crippen molar-refractivity contribution in [1.29, 1.82) is 0 Å². The van der Waals surface area contributed by atoms with E-state index in [1.54, 1.807) is 26.2 Å². The molecule has 0 saturated heterocycles. The predicted molar refractivity (Wildman–Crippen MR) is 95.6 cm³/mol. The maximum Gasteiger partial charge on any atom is 0.260 e. The Morgan fingerprint density at radius 2 is 1.83 bits per heavy atom. The van der Waals surface area contributed by atoms with Crippen LogP contribution in [0.3, 0.4) is 0 Å². The first-order valence-corrected chi connectivity index (χ1v) is 8.22. The third-order valence-corrected chi connectivity index (χ3v) is 3.77. The predicted octanol–water partition coefficient (Wildman–Crippen LogP) is 3.52. The lowest BCUT2D eigenvalue weighted by Crippen LogP contribution is -2.36. The normalized spacial score (nSPS) is 11.6. The van der Waals surface area contributed by atoms with Gasteiger partial charge >= 0.3 is 0 Å². The fraction of sp³-hybridized carbons (Fsp3) is 0.350. The van der Waals surface area contributed by atoms with E-state index >= 15 is 0 Å². The van der Waals surface area contributed by atoms with Crippen LogP contribution in [-0.4, -0.2) is 25.7 Å². The summed E-state index contributed by atoms with van der Waals surface area (Å²) in [6, 6.07) is 15.6. The van der Waals surface area contributed by atoms with E-state index in [9.17, 15) is 4.79 Å². The number of aryl methyl sites for hydroxylation is 2. The van der Waals surface area contributed by atoms with Crippen molar-refractivity contribution in [2.45, 2.75) is 32.8 Å². The molecule has 0 spiro atoms. The zero-order valence-corrected chi connectivity index (χ0v) is 14.5. The van der Waals surface area contributed by atoms with Crippen LogP contribution >= 0.6 is 0 Å². The van der Waals surface area contributed by atoms with Crippen molar-refractivity contribution in [2.75, 3.05) is 13.7 Å². The lowest BCUT2D eigenvalue weighted by atomic mass is 10.1. The molecule has 24 heavy (non-hydrogen) atoms. The molecular formula is C20H25NO3. The molecule has 0 radical (unpaired) electrons. The summed E-state index contributed by atoms with van der Waals surface area (Å²) in [7, 11) is 1.61. The van der Waals surface area contributed by atoms with Gasteiger partial charge in [-0.1, -0.05) is 29.8 Å². The number of amides is 1. The van der Waals surface area contributed by atoms with Gasteiger partial charge in [-0.2, -0.15) is 0 Å². The average molecular weight is 327 g/mol. The van der Waals surface area contributed by atoms with Gasteiger partial charge in [0, 0.05) is 6.54 Å². The Labute approximate surface area is 143 Å². The molecule has 0 unspecified atom stereocenters. The molecule has 0 aliphatic heterocycles. The van der Waals surface area contributed by atoms with E-state index in [0.29, 0.717) is 12.3 Å². The highest BCUT2D eigenvalue weighted by molar-refractivity contribution is 5.80. The first-order chi connectivity index (χ1) is 11.6. The number of rotatable bonds is 8. The van der Waals surface area contributed by atoms with Crippen LogP contribution in [0.1, 0.15) is 24.5 Å². The molecule has 2 rings (SSSR count). The Morgan fingerprint density at radius 3 is 2.50 bits per heavy atom. The third kappa shape index (κ3) is 5.61. The maximum atomic E-state index is 12.1. The van der Waals surface area contributed by atoms with E-state index in [1.807, 2.05) is 12.1 Å². The number of carbonyl (C=O) groups is 1. The van der Waals surface area contributed by atoms with Crippen molar-refractivity contribution in [3.05, 3.63) is 59.7 Å². The maximum absolute atomic E-state index is 12.1. The van der Waals surface area contributed by atoms with Gasteiger partial charge in [-0.05, 0) is 56.5 Å². The minimum atomic E-state index is -0.530. The Hall–Kier alpha value is -2.49. The fourth-order valence-electron chi connectivity index (χ4n) is 2.43. The van der Waals surface area contributed by atoms with Crippen LogP contribution in [-0.2, 0) is 11.2 Å². The number of hydrogen-bond acceptors (Lipinski definition) is 3. The van der Waals surface area contributed by atoms with Crippen molar-refractivity contribution in [1.82, 2.24) is 5.32 Å². The van der Waals surface area contributed by atoms with Crippen molar-refractivity contribution in [2.24, 2.45) is 0 Å². The molecule has 4 nitrogen and oxygen atoms in total. The average Bonchev–Trinajstić information content (AvgIpc) is 2.59. The number of nitrogens with one attached hydrogen (secondary N) is 1. The summed E-state index contributed by atoms with van der Waals surface area (Å²) in [6.07, 6.45) is 1.33. The minimum Gasteiger partial charge on any atom is -0.497 e. The topological polar surface area (TPSA) is 47.6 Å². The Kier molecular flexibility index (Phi) is 6.67. The summed E-state index contributed by atoms with van der Waals surface area (Å²) in [5.41, 5.74) is 2.56. The van der Waals surface area contributed by atoms with Gasteiger partial charge in [0.1, 0.15) is 11.5 Å². The molecule has 0 aliphatic carbocycles. The van der Waals surface area contributed by atoms with E-state index in [2.05, 4.69) is 36.5 Å². The summed E-state index contributed by atoms with van der Waals surface area (Å²) >= 11 is 0. The smallest absolute Gasteiger partial charge is 0.260 e. The van der Waals surface area contributed by atoms with Crippen molar-refractivity contribution >= 4 is 5.91 Å². The quantitative estimate of drug-likeness (QED) is 0.755. The SMILES string of the molecule is COc1ccc(O[C@@H](C)C(=O)NCCCc2cccc(C)c2)cc1. The van der Waals surface area contributed by atoms with Gasteiger partial charge in [0.25, 0.3) is 5.91 Å². The molecular weight excluding hydrogens is 302 g/mol. The van der Waals surface area contributed by atoms with Crippen LogP contribution in [0.2, 0.25) is 0 Å². The number of hydrogen-bond donors (Lipinski definition) is 1. The summed E-state index contributed by atoms with van der Waals surface area (Å²) < 4.78 is 10.7. The van der Waals surface area contributed by atoms with Gasteiger partial charge in [0.2, 0.25) is 0 Å². The Balaban J connectivity index is 1.71. The van der Waals surface area contributed by atoms with Crippen LogP contribution in [0.15, 0.2) is 48.5 Å². The second-order valence-electron chi connectivity index (χ2n) is 5.82. The van der Waals surface area contributed by atoms with E-state index < -0.39 is 6.10 Å². The molecule has 2 aromatic rings. The van der Waals surface area contributed by atoms with Crippen LogP contribution in [0.25, 0.3) is 0 Å². The molecule has 128 valence electrons. The standard InChI is InChI=1S/C20H25NO3/c1-15-6-4-7-17(14-15)8-5-13-21-20(22)16(2)24-19-11-9-18(23-3)10-12-19/h4,6-7,9-12,14,16H,5,8,13H2,1-3H3,(H,21,22)/t16-/m0/s1. The number of carbonyl (C=O) groups excluding carboxylic acids is 1. The van der Waals surface area contributed by atoms with Crippen LogP contribution in [0.5, 0.6) is 11.5 Å². The van der Waals surface area contributed by atoms with Crippen molar-refractivity contribution in [3.63, 3.8) is 0 Å². The zero-order valence-electron chi connectivity index (χ0n) is 14.5. The van der Waals surface area contributed by atoms with Gasteiger partial charge in [-0.25, -0.2) is 0 Å². The van der Waals surface area contributed by atoms with Gasteiger partial charge < -0.3 is 14.8 Å². The molecule has 0 heterocycles. The highest BCUT2D eigenvalue weighted by Crippen LogP contribution is 2.18. The molecule has 0 fully saturated rings. The monoisotopic (exact) mass is 327 g/mol. The minimum absolute atomic E-state index is 0.102. The highest BCUT2D eigenvalue weighted by atomic mass is 16.5. The van der Waals surface area contributed by atoms with Gasteiger partial charge in [-0.3, -0.25) is 4.79 Å². The molecule has 1 N–H and O–H groups in total. The second kappa shape index (κ2) is 8.96. The zero-order chi connectivity index (χ0) is 17.4. The Morgan fingerprint density at radius 1 is 1.12 bits per heavy atom. The third-order valence-electron chi connectivity index (χ3n) is 3.77. The highest BCUT2D eigenvalue weighted by Gasteiger charge is 2.13. The van der Waals surface area contributed by atoms with E-state index in [-0.39, 0.29) is 5.91 Å². The van der Waals surface area contributed by atoms with Gasteiger partial charge in [-0.15, -0.1) is 0 Å². The van der Waals surface area contributed by atoms with E-state index in [0.717, 1.165) is 18.6 Å². The molecule has 2 aromatic carbocycles. The first-order valence-electron chi connectivity index (χ1n) is 8.22. The lowest BCUT2D eigenvalue weighted by Gasteiger charge is -2.15. The van der Waals surface area contributed by atoms with Crippen molar-refractivity contribution in [3.8, 4) is 11.5 Å². The molecule has 1 atom stereocenters. The molecule has 0 bridgehead atoms. The number of methoxy groups -OCH3 is 1. The van der Waals surface area contributed by atoms with E-state index in [1.165, 1.54) is 11.1 Å². The molecule has 0 aliphatic rings. The van der Waals surface area contributed by atoms with Crippen LogP contribution in [0.4, 0.5) is 0 Å². The second-order valence-corrected chi connectivity index (χ2v) is 5.82. The van der Waals surface area contributed by atoms with Crippen LogP contribution in [0, 0.1) is 6.92 Å². The van der Waals surface area contributed by atoms with Crippen molar-refractivity contribution < 1.29 is 14.3 Å². The number of benzene rings is 2. The first kappa shape index (κ1) is 17.9. The Bertz CT molecular complexity index is 652. The number of ether oxygens (including phenoxy) is 2. The molecule has 4 heteroatoms. The van der Waals surface area contributed by atoms with Gasteiger partial charge in [0.05, 0.1) is 7.11 Å². The molecule has 0 aromatic heterocycles. The van der Waals surface area contributed by atoms with Gasteiger partial charge in [0.15, 0.2) is 6.10 Å². The summed E-state index contributed by atoms with van der Waals surface area (Å²) in [6.45, 7) is 4.48. The van der Waals surface area contributed by atoms with Crippen LogP contribution < -0.4 is 14.8 Å². The molecule has 0 saturated carbocycles. The summed E-state index contributed by atoms with van der Waals surface area (Å²) in [5, 5.41) is 2.92. The molecule has 1 amide bonds. The van der Waals surface area contributed by atoms with E-state index in [4.69, 9.17) is 9.47 Å². The summed E-state index contributed by atoms with van der Waals surface area (Å²) in [5.74, 6) is 1.31.